The van der Waals surface area contributed by atoms with Crippen molar-refractivity contribution in [1.82, 2.24) is 9.55 Å². The first-order valence-corrected chi connectivity index (χ1v) is 6.64. The Kier molecular flexibility index (Phi) is 2.78. The first kappa shape index (κ1) is 12.2. The number of alkyl halides is 1. The second-order valence-corrected chi connectivity index (χ2v) is 5.81. The molecule has 19 heavy (non-hydrogen) atoms. The largest absolute Gasteiger partial charge is 0.478 e. The summed E-state index contributed by atoms with van der Waals surface area (Å²) in [6.45, 7) is 0. The molecule has 1 aliphatic carbocycles. The third-order valence-electron chi connectivity index (χ3n) is 3.20. The fraction of sp³-hybridized carbons (Fsp3) is 0.143. The third kappa shape index (κ3) is 2.00. The number of aromatic nitrogens is 2. The van der Waals surface area contributed by atoms with E-state index >= 15 is 0 Å². The Morgan fingerprint density at radius 1 is 1.42 bits per heavy atom. The number of benzene rings is 1. The molecular formula is C14H11BrN2O2. The maximum Gasteiger partial charge on any atom is 0.335 e. The molecule has 0 bridgehead atoms. The van der Waals surface area contributed by atoms with E-state index in [-0.39, 0.29) is 10.0 Å². The van der Waals surface area contributed by atoms with Gasteiger partial charge in [-0.25, -0.2) is 9.78 Å². The highest BCUT2D eigenvalue weighted by atomic mass is 79.9. The highest BCUT2D eigenvalue weighted by molar-refractivity contribution is 9.09. The van der Waals surface area contributed by atoms with Gasteiger partial charge in [0.1, 0.15) is 4.45 Å². The van der Waals surface area contributed by atoms with Gasteiger partial charge < -0.3 is 9.67 Å². The molecular weight excluding hydrogens is 308 g/mol. The number of hydrogen-bond acceptors (Lipinski definition) is 2. The number of hydrogen-bond donors (Lipinski definition) is 1. The number of carboxylic acids is 1. The number of aromatic carboxylic acids is 1. The molecule has 0 fully saturated rings. The van der Waals surface area contributed by atoms with E-state index in [0.717, 1.165) is 11.9 Å². The van der Waals surface area contributed by atoms with Gasteiger partial charge in [0.15, 0.2) is 0 Å². The number of imidazole rings is 1. The normalized spacial score (nSPS) is 21.9. The van der Waals surface area contributed by atoms with Crippen molar-refractivity contribution in [2.45, 2.75) is 10.9 Å². The molecule has 0 saturated heterocycles. The Bertz CT molecular complexity index is 717. The molecule has 4 nitrogen and oxygen atoms in total. The van der Waals surface area contributed by atoms with E-state index in [1.54, 1.807) is 24.5 Å². The predicted molar refractivity (Wildman–Crippen MR) is 76.5 cm³/mol. The quantitative estimate of drug-likeness (QED) is 0.864. The summed E-state index contributed by atoms with van der Waals surface area (Å²) in [5.41, 5.74) is 1.84. The van der Waals surface area contributed by atoms with Crippen LogP contribution in [0.1, 0.15) is 16.8 Å². The number of rotatable bonds is 2. The highest BCUT2D eigenvalue weighted by Crippen LogP contribution is 2.36. The molecule has 1 aromatic carbocycles. The summed E-state index contributed by atoms with van der Waals surface area (Å²) in [7, 11) is 0. The van der Waals surface area contributed by atoms with Crippen LogP contribution < -0.4 is 0 Å². The third-order valence-corrected chi connectivity index (χ3v) is 4.17. The van der Waals surface area contributed by atoms with Crippen LogP contribution in [0.3, 0.4) is 0 Å². The Morgan fingerprint density at radius 2 is 2.26 bits per heavy atom. The summed E-state index contributed by atoms with van der Waals surface area (Å²) in [5, 5.41) is 8.99. The lowest BCUT2D eigenvalue weighted by molar-refractivity contribution is 0.0697. The highest BCUT2D eigenvalue weighted by Gasteiger charge is 2.27. The van der Waals surface area contributed by atoms with E-state index in [4.69, 9.17) is 5.11 Å². The number of carbonyl (C=O) groups is 1. The topological polar surface area (TPSA) is 55.1 Å². The summed E-state index contributed by atoms with van der Waals surface area (Å²) in [6, 6.07) is 4.98. The molecule has 1 unspecified atom stereocenters. The monoisotopic (exact) mass is 318 g/mol. The van der Waals surface area contributed by atoms with Crippen LogP contribution in [-0.4, -0.2) is 20.6 Å². The van der Waals surface area contributed by atoms with Gasteiger partial charge >= 0.3 is 5.97 Å². The van der Waals surface area contributed by atoms with E-state index < -0.39 is 5.97 Å². The molecule has 1 aromatic heterocycles. The number of halogens is 1. The van der Waals surface area contributed by atoms with Gasteiger partial charge in [0.05, 0.1) is 22.9 Å². The van der Waals surface area contributed by atoms with Crippen LogP contribution in [-0.2, 0) is 4.45 Å². The first-order chi connectivity index (χ1) is 9.10. The molecule has 0 saturated carbocycles. The van der Waals surface area contributed by atoms with E-state index in [1.807, 2.05) is 16.7 Å². The molecule has 1 heterocycles. The maximum absolute atomic E-state index is 11.0. The van der Waals surface area contributed by atoms with Crippen LogP contribution in [0.2, 0.25) is 0 Å². The van der Waals surface area contributed by atoms with E-state index in [2.05, 4.69) is 33.1 Å². The lowest BCUT2D eigenvalue weighted by Gasteiger charge is -2.26. The Balaban J connectivity index is 2.14. The van der Waals surface area contributed by atoms with Gasteiger partial charge in [-0.1, -0.05) is 34.2 Å². The number of nitrogens with zero attached hydrogens (tertiary/aromatic N) is 2. The van der Waals surface area contributed by atoms with Gasteiger partial charge in [0.2, 0.25) is 0 Å². The fourth-order valence-electron chi connectivity index (χ4n) is 2.20. The lowest BCUT2D eigenvalue weighted by Crippen LogP contribution is -2.23. The summed E-state index contributed by atoms with van der Waals surface area (Å²) < 4.78 is 1.68. The SMILES string of the molecule is O=C(O)c1ccc2c(c1)ncn2C1(Br)C=CC=CC1. The first-order valence-electron chi connectivity index (χ1n) is 5.84. The van der Waals surface area contributed by atoms with Crippen molar-refractivity contribution < 1.29 is 9.90 Å². The van der Waals surface area contributed by atoms with Crippen molar-refractivity contribution in [3.63, 3.8) is 0 Å². The average Bonchev–Trinajstić information content (AvgIpc) is 2.83. The van der Waals surface area contributed by atoms with Crippen molar-refractivity contribution in [3.05, 3.63) is 54.4 Å². The van der Waals surface area contributed by atoms with Gasteiger partial charge in [-0.2, -0.15) is 0 Å². The maximum atomic E-state index is 11.0. The van der Waals surface area contributed by atoms with Crippen LogP contribution in [0.5, 0.6) is 0 Å². The van der Waals surface area contributed by atoms with Crippen LogP contribution >= 0.6 is 15.9 Å². The molecule has 1 atom stereocenters. The average molecular weight is 319 g/mol. The van der Waals surface area contributed by atoms with E-state index in [0.29, 0.717) is 5.52 Å². The molecule has 3 rings (SSSR count). The summed E-state index contributed by atoms with van der Waals surface area (Å²) in [4.78, 5) is 15.2. The van der Waals surface area contributed by atoms with Gasteiger partial charge in [-0.05, 0) is 24.3 Å². The van der Waals surface area contributed by atoms with Crippen LogP contribution in [0, 0.1) is 0 Å². The lowest BCUT2D eigenvalue weighted by atomic mass is 10.1. The Morgan fingerprint density at radius 3 is 2.95 bits per heavy atom. The smallest absolute Gasteiger partial charge is 0.335 e. The van der Waals surface area contributed by atoms with E-state index in [1.165, 1.54) is 0 Å². The van der Waals surface area contributed by atoms with Crippen molar-refractivity contribution in [2.75, 3.05) is 0 Å². The molecule has 5 heteroatoms. The second kappa shape index (κ2) is 4.35. The Hall–Kier alpha value is -1.88. The van der Waals surface area contributed by atoms with Crippen molar-refractivity contribution in [1.29, 1.82) is 0 Å². The van der Waals surface area contributed by atoms with Crippen LogP contribution in [0.15, 0.2) is 48.8 Å². The molecule has 0 radical (unpaired) electrons. The summed E-state index contributed by atoms with van der Waals surface area (Å²) >= 11 is 3.72. The van der Waals surface area contributed by atoms with Crippen molar-refractivity contribution in [2.24, 2.45) is 0 Å². The summed E-state index contributed by atoms with van der Waals surface area (Å²) in [5.74, 6) is -0.939. The molecule has 1 N–H and O–H groups in total. The van der Waals surface area contributed by atoms with Crippen molar-refractivity contribution in [3.8, 4) is 0 Å². The van der Waals surface area contributed by atoms with Gasteiger partial charge in [-0.15, -0.1) is 0 Å². The minimum absolute atomic E-state index is 0.250. The summed E-state index contributed by atoms with van der Waals surface area (Å²) in [6.07, 6.45) is 10.7. The van der Waals surface area contributed by atoms with Crippen molar-refractivity contribution >= 4 is 32.9 Å². The minimum Gasteiger partial charge on any atom is -0.478 e. The molecule has 0 spiro atoms. The molecule has 1 aliphatic rings. The molecule has 0 amide bonds. The van der Waals surface area contributed by atoms with Gasteiger partial charge in [0.25, 0.3) is 0 Å². The predicted octanol–water partition coefficient (Wildman–Crippen LogP) is 3.30. The van der Waals surface area contributed by atoms with Crippen LogP contribution in [0.4, 0.5) is 0 Å². The zero-order chi connectivity index (χ0) is 13.5. The molecule has 96 valence electrons. The zero-order valence-electron chi connectivity index (χ0n) is 9.95. The van der Waals surface area contributed by atoms with Gasteiger partial charge in [0, 0.05) is 6.42 Å². The number of allylic oxidation sites excluding steroid dienone is 4. The minimum atomic E-state index is -0.939. The number of fused-ring (bicyclic) bond motifs is 1. The Labute approximate surface area is 118 Å². The van der Waals surface area contributed by atoms with Crippen LogP contribution in [0.25, 0.3) is 11.0 Å². The zero-order valence-corrected chi connectivity index (χ0v) is 11.5. The second-order valence-electron chi connectivity index (χ2n) is 4.43. The standard InChI is InChI=1S/C14H11BrN2O2/c15-14(6-2-1-3-7-14)17-9-16-11-8-10(13(18)19)4-5-12(11)17/h1-6,8-9H,7H2,(H,18,19). The van der Waals surface area contributed by atoms with E-state index in [9.17, 15) is 4.79 Å². The molecule has 0 aliphatic heterocycles. The number of carboxylic acid groups (broad SMARTS) is 1. The van der Waals surface area contributed by atoms with Gasteiger partial charge in [-0.3, -0.25) is 0 Å². The molecule has 2 aromatic rings. The fourth-order valence-corrected chi connectivity index (χ4v) is 2.83.